The molecule has 0 radical (unpaired) electrons. The maximum absolute atomic E-state index is 13.2. The van der Waals surface area contributed by atoms with Crippen molar-refractivity contribution in [3.05, 3.63) is 67.4 Å². The van der Waals surface area contributed by atoms with Crippen molar-refractivity contribution in [2.45, 2.75) is 37.9 Å². The molecule has 2 aromatic heterocycles. The van der Waals surface area contributed by atoms with Crippen LogP contribution in [-0.2, 0) is 18.4 Å². The molecule has 0 fully saturated rings. The summed E-state index contributed by atoms with van der Waals surface area (Å²) in [5, 5.41) is 41.0. The summed E-state index contributed by atoms with van der Waals surface area (Å²) in [6, 6.07) is 4.70. The molecule has 8 nitrogen and oxygen atoms in total. The lowest BCUT2D eigenvalue weighted by Gasteiger charge is -2.35. The molecule has 4 rings (SSSR count). The number of benzene rings is 1. The van der Waals surface area contributed by atoms with Gasteiger partial charge in [0.1, 0.15) is 28.5 Å². The van der Waals surface area contributed by atoms with Gasteiger partial charge in [0, 0.05) is 31.4 Å². The van der Waals surface area contributed by atoms with Gasteiger partial charge in [0.05, 0.1) is 23.1 Å². The number of aromatic hydroxyl groups is 2. The van der Waals surface area contributed by atoms with Crippen LogP contribution in [0, 0.1) is 6.92 Å². The number of rotatable bonds is 2. The van der Waals surface area contributed by atoms with Crippen LogP contribution in [0.25, 0.3) is 11.0 Å². The van der Waals surface area contributed by atoms with Gasteiger partial charge >= 0.3 is 0 Å². The third-order valence-electron chi connectivity index (χ3n) is 4.98. The van der Waals surface area contributed by atoms with E-state index in [1.165, 1.54) is 12.1 Å². The molecule has 0 saturated carbocycles. The van der Waals surface area contributed by atoms with Crippen LogP contribution in [0.15, 0.2) is 42.7 Å². The van der Waals surface area contributed by atoms with Gasteiger partial charge in [-0.3, -0.25) is 9.59 Å². The number of aryl methyl sites for hydroxylation is 1. The van der Waals surface area contributed by atoms with Gasteiger partial charge in [-0.15, -0.1) is 0 Å². The number of aliphatic hydroxyl groups is 2. The molecule has 0 bridgehead atoms. The highest BCUT2D eigenvalue weighted by Crippen LogP contribution is 2.38. The molecule has 0 unspecified atom stereocenters. The number of hydrogen-bond acceptors (Lipinski definition) is 8. The van der Waals surface area contributed by atoms with Gasteiger partial charge in [-0.1, -0.05) is 0 Å². The monoisotopic (exact) mass is 386 g/mol. The topological polar surface area (TPSA) is 141 Å². The first-order valence-electron chi connectivity index (χ1n) is 8.69. The molecule has 2 atom stereocenters. The fourth-order valence-corrected chi connectivity index (χ4v) is 3.99. The summed E-state index contributed by atoms with van der Waals surface area (Å²) in [4.78, 5) is 24.9. The summed E-state index contributed by atoms with van der Waals surface area (Å²) in [7, 11) is 0. The number of phenols is 1. The van der Waals surface area contributed by atoms with E-state index in [-0.39, 0.29) is 53.1 Å². The van der Waals surface area contributed by atoms with Crippen molar-refractivity contribution in [2.24, 2.45) is 0 Å². The van der Waals surface area contributed by atoms with Gasteiger partial charge in [-0.25, -0.2) is 0 Å². The molecule has 0 aliphatic heterocycles. The average molecular weight is 386 g/mol. The van der Waals surface area contributed by atoms with Gasteiger partial charge in [0.15, 0.2) is 10.9 Å². The van der Waals surface area contributed by atoms with E-state index in [0.717, 1.165) is 12.1 Å². The molecule has 1 aliphatic rings. The second-order valence-electron chi connectivity index (χ2n) is 7.23. The molecular formula is C20H18O8. The van der Waals surface area contributed by atoms with Crippen LogP contribution in [0.2, 0.25) is 0 Å². The molecule has 146 valence electrons. The van der Waals surface area contributed by atoms with Crippen molar-refractivity contribution in [2.75, 3.05) is 0 Å². The van der Waals surface area contributed by atoms with E-state index in [2.05, 4.69) is 0 Å². The van der Waals surface area contributed by atoms with E-state index in [0.29, 0.717) is 5.56 Å². The molecule has 1 aliphatic carbocycles. The first-order chi connectivity index (χ1) is 13.2. The van der Waals surface area contributed by atoms with Gasteiger partial charge in [-0.05, 0) is 18.6 Å². The maximum Gasteiger partial charge on any atom is 0.285 e. The Hall–Kier alpha value is -3.10. The van der Waals surface area contributed by atoms with Crippen LogP contribution in [-0.4, -0.2) is 26.5 Å². The zero-order chi connectivity index (χ0) is 20.2. The van der Waals surface area contributed by atoms with Crippen LogP contribution in [0.1, 0.15) is 29.1 Å². The summed E-state index contributed by atoms with van der Waals surface area (Å²) in [6.45, 7) is 1.64. The Bertz CT molecular complexity index is 1210. The summed E-state index contributed by atoms with van der Waals surface area (Å²) in [5.41, 5.74) is -2.26. The lowest BCUT2D eigenvalue weighted by Crippen LogP contribution is -2.43. The van der Waals surface area contributed by atoms with Crippen molar-refractivity contribution >= 4 is 11.0 Å². The highest BCUT2D eigenvalue weighted by Gasteiger charge is 2.43. The minimum atomic E-state index is -1.87. The number of hydrogen-bond donors (Lipinski definition) is 4. The van der Waals surface area contributed by atoms with E-state index in [1.54, 1.807) is 6.92 Å². The summed E-state index contributed by atoms with van der Waals surface area (Å²) in [6.07, 6.45) is -1.47. The van der Waals surface area contributed by atoms with Crippen LogP contribution in [0.4, 0.5) is 0 Å². The molecule has 8 heteroatoms. The van der Waals surface area contributed by atoms with Crippen molar-refractivity contribution in [3.63, 3.8) is 0 Å². The minimum absolute atomic E-state index is 0.0154. The fourth-order valence-electron chi connectivity index (χ4n) is 3.99. The SMILES string of the molecule is Cc1cc(O)cc2oc3c(c(=O)c12)[C@@](O)(Cc1cc(=O)cc(O)o1)C[C@@H](O)C3. The number of phenolic OH excluding ortho intramolecular Hbond substituents is 1. The average Bonchev–Trinajstić information content (AvgIpc) is 2.51. The fraction of sp³-hybridized carbons (Fsp3) is 0.300. The predicted octanol–water partition coefficient (Wildman–Crippen LogP) is 1.20. The molecule has 4 N–H and O–H groups in total. The predicted molar refractivity (Wildman–Crippen MR) is 97.5 cm³/mol. The summed E-state index contributed by atoms with van der Waals surface area (Å²) < 4.78 is 10.8. The highest BCUT2D eigenvalue weighted by atomic mass is 16.5. The quantitative estimate of drug-likeness (QED) is 0.515. The molecule has 2 heterocycles. The Balaban J connectivity index is 1.95. The molecule has 0 amide bonds. The highest BCUT2D eigenvalue weighted by molar-refractivity contribution is 5.82. The normalized spacial score (nSPS) is 21.6. The number of fused-ring (bicyclic) bond motifs is 2. The van der Waals surface area contributed by atoms with Crippen molar-refractivity contribution in [1.29, 1.82) is 0 Å². The maximum atomic E-state index is 13.2. The lowest BCUT2D eigenvalue weighted by atomic mass is 9.77. The Labute approximate surface area is 157 Å². The molecule has 1 aromatic carbocycles. The van der Waals surface area contributed by atoms with Gasteiger partial charge in [0.2, 0.25) is 0 Å². The van der Waals surface area contributed by atoms with Crippen molar-refractivity contribution in [1.82, 2.24) is 0 Å². The van der Waals surface area contributed by atoms with Crippen LogP contribution < -0.4 is 10.9 Å². The third kappa shape index (κ3) is 2.96. The van der Waals surface area contributed by atoms with Gasteiger partial charge in [0.25, 0.3) is 5.95 Å². The minimum Gasteiger partial charge on any atom is -0.508 e. The van der Waals surface area contributed by atoms with Crippen LogP contribution >= 0.6 is 0 Å². The van der Waals surface area contributed by atoms with Crippen LogP contribution in [0.5, 0.6) is 11.7 Å². The third-order valence-corrected chi connectivity index (χ3v) is 4.98. The Morgan fingerprint density at radius 1 is 1.14 bits per heavy atom. The van der Waals surface area contributed by atoms with E-state index in [4.69, 9.17) is 8.83 Å². The largest absolute Gasteiger partial charge is 0.508 e. The Morgan fingerprint density at radius 2 is 1.89 bits per heavy atom. The van der Waals surface area contributed by atoms with Gasteiger partial charge < -0.3 is 29.3 Å². The second kappa shape index (κ2) is 6.22. The standard InChI is InChI=1S/C20H18O8/c1-9-2-10(21)4-14-17(9)19(25)18-15(28-14)5-12(23)7-20(18,26)8-13-3-11(22)6-16(24)27-13/h2-4,6,12,21,23-24,26H,5,7-8H2,1H3/t12-,20-/m0/s1. The van der Waals surface area contributed by atoms with E-state index >= 15 is 0 Å². The number of aliphatic hydroxyl groups excluding tert-OH is 1. The first kappa shape index (κ1) is 18.3. The zero-order valence-electron chi connectivity index (χ0n) is 14.9. The summed E-state index contributed by atoms with van der Waals surface area (Å²) in [5.74, 6) is -0.610. The molecule has 0 saturated heterocycles. The van der Waals surface area contributed by atoms with E-state index in [1.807, 2.05) is 0 Å². The molecular weight excluding hydrogens is 368 g/mol. The summed E-state index contributed by atoms with van der Waals surface area (Å²) >= 11 is 0. The first-order valence-corrected chi connectivity index (χ1v) is 8.69. The Kier molecular flexibility index (Phi) is 4.06. The Morgan fingerprint density at radius 3 is 2.61 bits per heavy atom. The van der Waals surface area contributed by atoms with E-state index in [9.17, 15) is 30.0 Å². The van der Waals surface area contributed by atoms with Crippen molar-refractivity contribution in [3.8, 4) is 11.7 Å². The smallest absolute Gasteiger partial charge is 0.285 e. The van der Waals surface area contributed by atoms with Crippen LogP contribution in [0.3, 0.4) is 0 Å². The lowest BCUT2D eigenvalue weighted by molar-refractivity contribution is -0.0346. The van der Waals surface area contributed by atoms with E-state index < -0.39 is 28.5 Å². The zero-order valence-corrected chi connectivity index (χ0v) is 14.9. The molecule has 3 aromatic rings. The molecule has 28 heavy (non-hydrogen) atoms. The second-order valence-corrected chi connectivity index (χ2v) is 7.23. The van der Waals surface area contributed by atoms with Crippen molar-refractivity contribution < 1.29 is 29.3 Å². The van der Waals surface area contributed by atoms with Gasteiger partial charge in [-0.2, -0.15) is 0 Å². The molecule has 0 spiro atoms.